The molecular weight excluding hydrogens is 194 g/mol. The van der Waals surface area contributed by atoms with Crippen LogP contribution in [0.2, 0.25) is 0 Å². The van der Waals surface area contributed by atoms with E-state index in [4.69, 9.17) is 9.84 Å². The Balaban J connectivity index is 2.67. The van der Waals surface area contributed by atoms with E-state index < -0.39 is 5.97 Å². The number of hydrogen-bond acceptors (Lipinski definition) is 3. The first-order valence-corrected chi connectivity index (χ1v) is 5.03. The third kappa shape index (κ3) is 3.23. The van der Waals surface area contributed by atoms with Gasteiger partial charge in [0.25, 0.3) is 0 Å². The van der Waals surface area contributed by atoms with E-state index in [1.807, 2.05) is 13.8 Å². The predicted molar refractivity (Wildman–Crippen MR) is 56.2 cm³/mol. The third-order valence-electron chi connectivity index (χ3n) is 2.17. The van der Waals surface area contributed by atoms with Gasteiger partial charge in [0.2, 0.25) is 0 Å². The molecule has 15 heavy (non-hydrogen) atoms. The maximum Gasteiger partial charge on any atom is 0.354 e. The van der Waals surface area contributed by atoms with Gasteiger partial charge in [0.05, 0.1) is 12.3 Å². The van der Waals surface area contributed by atoms with Gasteiger partial charge in [-0.1, -0.05) is 13.8 Å². The molecule has 1 aromatic heterocycles. The van der Waals surface area contributed by atoms with Crippen LogP contribution in [0.1, 0.15) is 37.2 Å². The molecule has 0 saturated heterocycles. The van der Waals surface area contributed by atoms with Gasteiger partial charge in [-0.25, -0.2) is 9.78 Å². The number of aromatic carboxylic acids is 1. The highest BCUT2D eigenvalue weighted by atomic mass is 16.5. The first-order valence-electron chi connectivity index (χ1n) is 5.03. The molecule has 0 atom stereocenters. The molecule has 0 aromatic carbocycles. The summed E-state index contributed by atoms with van der Waals surface area (Å²) < 4.78 is 5.59. The van der Waals surface area contributed by atoms with Gasteiger partial charge in [-0.2, -0.15) is 0 Å². The topological polar surface area (TPSA) is 59.4 Å². The molecule has 1 aromatic rings. The lowest BCUT2D eigenvalue weighted by atomic mass is 10.2. The number of aromatic nitrogens is 1. The van der Waals surface area contributed by atoms with Crippen molar-refractivity contribution >= 4 is 5.97 Å². The van der Waals surface area contributed by atoms with Crippen molar-refractivity contribution in [2.75, 3.05) is 0 Å². The number of carbonyl (C=O) groups is 1. The molecule has 0 aliphatic carbocycles. The quantitative estimate of drug-likeness (QED) is 0.808. The maximum absolute atomic E-state index is 10.5. The van der Waals surface area contributed by atoms with E-state index in [-0.39, 0.29) is 11.8 Å². The first-order chi connectivity index (χ1) is 7.17. The highest BCUT2D eigenvalue weighted by Crippen LogP contribution is 2.14. The van der Waals surface area contributed by atoms with Crippen molar-refractivity contribution in [3.8, 4) is 5.75 Å². The van der Waals surface area contributed by atoms with Crippen LogP contribution in [0.4, 0.5) is 0 Å². The molecule has 0 bridgehead atoms. The van der Waals surface area contributed by atoms with Crippen LogP contribution in [-0.2, 0) is 0 Å². The number of nitrogens with zero attached hydrogens (tertiary/aromatic N) is 1. The number of pyridine rings is 1. The molecule has 1 heterocycles. The number of rotatable bonds is 5. The Morgan fingerprint density at radius 3 is 2.53 bits per heavy atom. The molecule has 0 aliphatic rings. The monoisotopic (exact) mass is 209 g/mol. The standard InChI is InChI=1S/C11H15NO3/c1-3-8(4-2)15-9-5-6-10(11(13)14)12-7-9/h5-8H,3-4H2,1-2H3,(H,13,14). The molecule has 0 radical (unpaired) electrons. The van der Waals surface area contributed by atoms with Crippen LogP contribution in [0.5, 0.6) is 5.75 Å². The zero-order chi connectivity index (χ0) is 11.3. The van der Waals surface area contributed by atoms with Gasteiger partial charge in [0.15, 0.2) is 0 Å². The Morgan fingerprint density at radius 1 is 1.47 bits per heavy atom. The zero-order valence-electron chi connectivity index (χ0n) is 8.93. The first kappa shape index (κ1) is 11.5. The summed E-state index contributed by atoms with van der Waals surface area (Å²) in [6.07, 6.45) is 3.47. The van der Waals surface area contributed by atoms with Crippen molar-refractivity contribution < 1.29 is 14.6 Å². The van der Waals surface area contributed by atoms with Crippen molar-refractivity contribution in [1.29, 1.82) is 0 Å². The highest BCUT2D eigenvalue weighted by molar-refractivity contribution is 5.85. The lowest BCUT2D eigenvalue weighted by Gasteiger charge is -2.14. The van der Waals surface area contributed by atoms with E-state index in [0.29, 0.717) is 5.75 Å². The Kier molecular flexibility index (Phi) is 4.09. The van der Waals surface area contributed by atoms with Gasteiger partial charge in [0, 0.05) is 0 Å². The second-order valence-electron chi connectivity index (χ2n) is 3.24. The van der Waals surface area contributed by atoms with Crippen LogP contribution >= 0.6 is 0 Å². The largest absolute Gasteiger partial charge is 0.489 e. The molecule has 1 rings (SSSR count). The van der Waals surface area contributed by atoms with Crippen LogP contribution in [0.3, 0.4) is 0 Å². The summed E-state index contributed by atoms with van der Waals surface area (Å²) >= 11 is 0. The van der Waals surface area contributed by atoms with Crippen molar-refractivity contribution in [3.05, 3.63) is 24.0 Å². The normalized spacial score (nSPS) is 10.3. The van der Waals surface area contributed by atoms with Gasteiger partial charge < -0.3 is 9.84 Å². The SMILES string of the molecule is CCC(CC)Oc1ccc(C(=O)O)nc1. The van der Waals surface area contributed by atoms with E-state index in [1.165, 1.54) is 12.3 Å². The summed E-state index contributed by atoms with van der Waals surface area (Å²) in [5.41, 5.74) is 0.0342. The summed E-state index contributed by atoms with van der Waals surface area (Å²) in [6, 6.07) is 3.08. The molecular formula is C11H15NO3. The third-order valence-corrected chi connectivity index (χ3v) is 2.17. The highest BCUT2D eigenvalue weighted by Gasteiger charge is 2.07. The number of carboxylic acid groups (broad SMARTS) is 1. The summed E-state index contributed by atoms with van der Waals surface area (Å²) in [6.45, 7) is 4.10. The fourth-order valence-electron chi connectivity index (χ4n) is 1.22. The Morgan fingerprint density at radius 2 is 2.13 bits per heavy atom. The maximum atomic E-state index is 10.5. The van der Waals surface area contributed by atoms with Gasteiger partial charge in [-0.3, -0.25) is 0 Å². The average molecular weight is 209 g/mol. The zero-order valence-corrected chi connectivity index (χ0v) is 8.93. The molecule has 4 nitrogen and oxygen atoms in total. The van der Waals surface area contributed by atoms with Gasteiger partial charge >= 0.3 is 5.97 Å². The number of carboxylic acids is 1. The van der Waals surface area contributed by atoms with Crippen LogP contribution in [-0.4, -0.2) is 22.2 Å². The van der Waals surface area contributed by atoms with Crippen LogP contribution in [0.15, 0.2) is 18.3 Å². The molecule has 1 N–H and O–H groups in total. The second-order valence-corrected chi connectivity index (χ2v) is 3.24. The lowest BCUT2D eigenvalue weighted by Crippen LogP contribution is -2.14. The van der Waals surface area contributed by atoms with Gasteiger partial charge in [0.1, 0.15) is 11.4 Å². The van der Waals surface area contributed by atoms with E-state index in [1.54, 1.807) is 6.07 Å². The van der Waals surface area contributed by atoms with Gasteiger partial charge in [-0.15, -0.1) is 0 Å². The van der Waals surface area contributed by atoms with E-state index in [9.17, 15) is 4.79 Å². The van der Waals surface area contributed by atoms with Crippen LogP contribution < -0.4 is 4.74 Å². The molecule has 0 aliphatic heterocycles. The second kappa shape index (κ2) is 5.34. The summed E-state index contributed by atoms with van der Waals surface area (Å²) in [4.78, 5) is 14.3. The molecule has 0 fully saturated rings. The van der Waals surface area contributed by atoms with Crippen molar-refractivity contribution in [2.24, 2.45) is 0 Å². The summed E-state index contributed by atoms with van der Waals surface area (Å²) in [7, 11) is 0. The predicted octanol–water partition coefficient (Wildman–Crippen LogP) is 2.35. The fourth-order valence-corrected chi connectivity index (χ4v) is 1.22. The van der Waals surface area contributed by atoms with Crippen molar-refractivity contribution in [2.45, 2.75) is 32.8 Å². The van der Waals surface area contributed by atoms with Crippen molar-refractivity contribution in [3.63, 3.8) is 0 Å². The summed E-state index contributed by atoms with van der Waals surface area (Å²) in [5.74, 6) is -0.405. The smallest absolute Gasteiger partial charge is 0.354 e. The molecule has 0 unspecified atom stereocenters. The van der Waals surface area contributed by atoms with Gasteiger partial charge in [-0.05, 0) is 25.0 Å². The van der Waals surface area contributed by atoms with Crippen LogP contribution in [0, 0.1) is 0 Å². The lowest BCUT2D eigenvalue weighted by molar-refractivity contribution is 0.0690. The molecule has 4 heteroatoms. The average Bonchev–Trinajstić information content (AvgIpc) is 2.26. The fraction of sp³-hybridized carbons (Fsp3) is 0.455. The Labute approximate surface area is 88.9 Å². The minimum absolute atomic E-state index is 0.0342. The van der Waals surface area contributed by atoms with E-state index >= 15 is 0 Å². The number of hydrogen-bond donors (Lipinski definition) is 1. The van der Waals surface area contributed by atoms with Crippen LogP contribution in [0.25, 0.3) is 0 Å². The van der Waals surface area contributed by atoms with E-state index in [2.05, 4.69) is 4.98 Å². The van der Waals surface area contributed by atoms with E-state index in [0.717, 1.165) is 12.8 Å². The molecule has 0 amide bonds. The summed E-state index contributed by atoms with van der Waals surface area (Å²) in [5, 5.41) is 8.65. The minimum Gasteiger partial charge on any atom is -0.489 e. The Bertz CT molecular complexity index is 317. The minimum atomic E-state index is -1.02. The molecule has 0 spiro atoms. The molecule has 0 saturated carbocycles. The van der Waals surface area contributed by atoms with Crippen molar-refractivity contribution in [1.82, 2.24) is 4.98 Å². The number of ether oxygens (including phenoxy) is 1. The Hall–Kier alpha value is -1.58. The molecule has 82 valence electrons.